The van der Waals surface area contributed by atoms with Gasteiger partial charge in [-0.25, -0.2) is 0 Å². The summed E-state index contributed by atoms with van der Waals surface area (Å²) in [5.74, 6) is 0.491. The lowest BCUT2D eigenvalue weighted by Crippen LogP contribution is -2.21. The van der Waals surface area contributed by atoms with Crippen LogP contribution < -0.4 is 5.73 Å². The highest BCUT2D eigenvalue weighted by Gasteiger charge is 2.08. The first-order valence-corrected chi connectivity index (χ1v) is 4.78. The first-order valence-electron chi connectivity index (χ1n) is 4.78. The van der Waals surface area contributed by atoms with Crippen molar-refractivity contribution in [1.82, 2.24) is 4.90 Å². The van der Waals surface area contributed by atoms with Crippen molar-refractivity contribution in [2.45, 2.75) is 20.4 Å². The number of carbonyl (C=O) groups excluding carboxylic acids is 1. The molecule has 0 saturated heterocycles. The zero-order valence-corrected chi connectivity index (χ0v) is 8.62. The van der Waals surface area contributed by atoms with Crippen molar-refractivity contribution in [2.24, 2.45) is 5.73 Å². The van der Waals surface area contributed by atoms with Crippen molar-refractivity contribution in [3.63, 3.8) is 0 Å². The van der Waals surface area contributed by atoms with Gasteiger partial charge in [0.05, 0.1) is 6.54 Å². The van der Waals surface area contributed by atoms with Crippen LogP contribution in [-0.4, -0.2) is 23.9 Å². The van der Waals surface area contributed by atoms with Gasteiger partial charge in [0.2, 0.25) is 0 Å². The van der Waals surface area contributed by atoms with Gasteiger partial charge in [0.1, 0.15) is 5.76 Å². The zero-order chi connectivity index (χ0) is 10.6. The van der Waals surface area contributed by atoms with Gasteiger partial charge in [-0.1, -0.05) is 13.8 Å². The van der Waals surface area contributed by atoms with E-state index in [9.17, 15) is 4.79 Å². The summed E-state index contributed by atoms with van der Waals surface area (Å²) < 4.78 is 5.26. The third-order valence-electron chi connectivity index (χ3n) is 2.18. The Morgan fingerprint density at radius 3 is 2.50 bits per heavy atom. The summed E-state index contributed by atoms with van der Waals surface area (Å²) in [6.45, 7) is 6.81. The lowest BCUT2D eigenvalue weighted by Gasteiger charge is -2.15. The third kappa shape index (κ3) is 2.60. The van der Waals surface area contributed by atoms with Crippen LogP contribution >= 0.6 is 0 Å². The number of carbonyl (C=O) groups is 1. The van der Waals surface area contributed by atoms with E-state index in [1.165, 1.54) is 0 Å². The Hall–Kier alpha value is -1.29. The van der Waals surface area contributed by atoms with Crippen molar-refractivity contribution in [2.75, 3.05) is 13.1 Å². The molecule has 0 aliphatic rings. The topological polar surface area (TPSA) is 59.5 Å². The molecule has 4 nitrogen and oxygen atoms in total. The van der Waals surface area contributed by atoms with Crippen molar-refractivity contribution in [1.29, 1.82) is 0 Å². The first kappa shape index (κ1) is 10.8. The van der Waals surface area contributed by atoms with Crippen LogP contribution in [0.3, 0.4) is 0 Å². The summed E-state index contributed by atoms with van der Waals surface area (Å²) >= 11 is 0. The normalized spacial score (nSPS) is 10.8. The minimum Gasteiger partial charge on any atom is -0.455 e. The van der Waals surface area contributed by atoms with Gasteiger partial charge >= 0.3 is 0 Å². The minimum absolute atomic E-state index is 0.229. The predicted octanol–water partition coefficient (Wildman–Crippen LogP) is 1.22. The molecule has 1 amide bonds. The molecule has 0 bridgehead atoms. The summed E-state index contributed by atoms with van der Waals surface area (Å²) in [5, 5.41) is 0. The molecule has 4 heteroatoms. The summed E-state index contributed by atoms with van der Waals surface area (Å²) in [4.78, 5) is 13.0. The Morgan fingerprint density at radius 2 is 2.07 bits per heavy atom. The summed E-state index contributed by atoms with van der Waals surface area (Å²) in [5.41, 5.74) is 5.08. The second-order valence-electron chi connectivity index (χ2n) is 3.09. The molecule has 1 aromatic heterocycles. The second-order valence-corrected chi connectivity index (χ2v) is 3.09. The third-order valence-corrected chi connectivity index (χ3v) is 2.18. The quantitative estimate of drug-likeness (QED) is 0.770. The van der Waals surface area contributed by atoms with Crippen molar-refractivity contribution in [3.05, 3.63) is 23.7 Å². The number of nitrogens with two attached hydrogens (primary N) is 1. The number of primary amides is 1. The molecule has 0 fully saturated rings. The molecule has 14 heavy (non-hydrogen) atoms. The highest BCUT2D eigenvalue weighted by molar-refractivity contribution is 5.89. The van der Waals surface area contributed by atoms with Crippen LogP contribution in [0.1, 0.15) is 30.2 Å². The van der Waals surface area contributed by atoms with E-state index < -0.39 is 5.91 Å². The Kier molecular flexibility index (Phi) is 3.71. The van der Waals surface area contributed by atoms with Gasteiger partial charge in [-0.05, 0) is 25.2 Å². The van der Waals surface area contributed by atoms with Gasteiger partial charge in [-0.15, -0.1) is 0 Å². The Balaban J connectivity index is 2.63. The highest BCUT2D eigenvalue weighted by atomic mass is 16.4. The number of rotatable bonds is 5. The van der Waals surface area contributed by atoms with Crippen LogP contribution in [0, 0.1) is 0 Å². The molecule has 2 N–H and O–H groups in total. The lowest BCUT2D eigenvalue weighted by molar-refractivity contribution is 0.0970. The number of furan rings is 1. The molecular weight excluding hydrogens is 180 g/mol. The van der Waals surface area contributed by atoms with E-state index >= 15 is 0 Å². The van der Waals surface area contributed by atoms with Gasteiger partial charge < -0.3 is 10.2 Å². The van der Waals surface area contributed by atoms with Crippen LogP contribution in [0.15, 0.2) is 16.5 Å². The summed E-state index contributed by atoms with van der Waals surface area (Å²) in [6, 6.07) is 3.40. The van der Waals surface area contributed by atoms with Crippen LogP contribution in [0.4, 0.5) is 0 Å². The molecule has 0 unspecified atom stereocenters. The second kappa shape index (κ2) is 4.81. The lowest BCUT2D eigenvalue weighted by atomic mass is 10.4. The van der Waals surface area contributed by atoms with Gasteiger partial charge in [-0.2, -0.15) is 0 Å². The van der Waals surface area contributed by atoms with Gasteiger partial charge in [0.15, 0.2) is 5.76 Å². The summed E-state index contributed by atoms with van der Waals surface area (Å²) in [6.07, 6.45) is 0. The van der Waals surface area contributed by atoms with Gasteiger partial charge in [0, 0.05) is 0 Å². The molecule has 0 aromatic carbocycles. The monoisotopic (exact) mass is 196 g/mol. The molecule has 0 spiro atoms. The molecule has 0 aliphatic carbocycles. The average Bonchev–Trinajstić information content (AvgIpc) is 2.62. The van der Waals surface area contributed by atoms with E-state index in [4.69, 9.17) is 10.2 Å². The van der Waals surface area contributed by atoms with Crippen LogP contribution in [-0.2, 0) is 6.54 Å². The van der Waals surface area contributed by atoms with Crippen molar-refractivity contribution < 1.29 is 9.21 Å². The maximum absolute atomic E-state index is 10.8. The van der Waals surface area contributed by atoms with Crippen LogP contribution in [0.5, 0.6) is 0 Å². The number of hydrogen-bond acceptors (Lipinski definition) is 3. The Labute approximate surface area is 83.7 Å². The predicted molar refractivity (Wildman–Crippen MR) is 53.9 cm³/mol. The van der Waals surface area contributed by atoms with E-state index in [1.54, 1.807) is 12.1 Å². The van der Waals surface area contributed by atoms with Crippen LogP contribution in [0.25, 0.3) is 0 Å². The zero-order valence-electron chi connectivity index (χ0n) is 8.62. The number of nitrogens with zero attached hydrogens (tertiary/aromatic N) is 1. The molecule has 0 aliphatic heterocycles. The molecule has 0 radical (unpaired) electrons. The largest absolute Gasteiger partial charge is 0.455 e. The smallest absolute Gasteiger partial charge is 0.284 e. The Bertz CT molecular complexity index is 303. The van der Waals surface area contributed by atoms with Gasteiger partial charge in [-0.3, -0.25) is 9.69 Å². The average molecular weight is 196 g/mol. The molecule has 0 atom stereocenters. The number of amides is 1. The molecule has 1 heterocycles. The van der Waals surface area contributed by atoms with Crippen molar-refractivity contribution in [3.8, 4) is 0 Å². The molecular formula is C10H16N2O2. The minimum atomic E-state index is -0.518. The fraction of sp³-hybridized carbons (Fsp3) is 0.500. The maximum Gasteiger partial charge on any atom is 0.284 e. The van der Waals surface area contributed by atoms with E-state index in [0.29, 0.717) is 0 Å². The van der Waals surface area contributed by atoms with Crippen molar-refractivity contribution >= 4 is 5.91 Å². The van der Waals surface area contributed by atoms with Gasteiger partial charge in [0.25, 0.3) is 5.91 Å². The molecule has 0 saturated carbocycles. The Morgan fingerprint density at radius 1 is 1.43 bits per heavy atom. The molecule has 1 rings (SSSR count). The maximum atomic E-state index is 10.8. The molecule has 1 aromatic rings. The highest BCUT2D eigenvalue weighted by Crippen LogP contribution is 2.09. The molecule has 78 valence electrons. The van der Waals surface area contributed by atoms with E-state index in [2.05, 4.69) is 18.7 Å². The fourth-order valence-electron chi connectivity index (χ4n) is 1.26. The summed E-state index contributed by atoms with van der Waals surface area (Å²) in [7, 11) is 0. The SMILES string of the molecule is CCN(CC)Cc1ccc(C(N)=O)o1. The first-order chi connectivity index (χ1) is 6.67. The fourth-order valence-corrected chi connectivity index (χ4v) is 1.26. The van der Waals surface area contributed by atoms with E-state index in [-0.39, 0.29) is 5.76 Å². The van der Waals surface area contributed by atoms with E-state index in [1.807, 2.05) is 0 Å². The van der Waals surface area contributed by atoms with Crippen LogP contribution in [0.2, 0.25) is 0 Å². The van der Waals surface area contributed by atoms with E-state index in [0.717, 1.165) is 25.4 Å². The number of hydrogen-bond donors (Lipinski definition) is 1. The standard InChI is InChI=1S/C10H16N2O2/c1-3-12(4-2)7-8-5-6-9(14-8)10(11)13/h5-6H,3-4,7H2,1-2H3,(H2,11,13).